The van der Waals surface area contributed by atoms with Crippen molar-refractivity contribution in [1.29, 1.82) is 0 Å². The third kappa shape index (κ3) is 3.84. The van der Waals surface area contributed by atoms with Crippen molar-refractivity contribution in [3.05, 3.63) is 40.0 Å². The first-order valence-electron chi connectivity index (χ1n) is 9.73. The molecule has 2 aliphatic heterocycles. The van der Waals surface area contributed by atoms with Gasteiger partial charge in [-0.3, -0.25) is 9.69 Å². The van der Waals surface area contributed by atoms with Crippen molar-refractivity contribution in [1.82, 2.24) is 19.8 Å². The topological polar surface area (TPSA) is 52.6 Å². The van der Waals surface area contributed by atoms with Crippen LogP contribution in [0.2, 0.25) is 0 Å². The van der Waals surface area contributed by atoms with Gasteiger partial charge in [0.05, 0.1) is 4.88 Å². The summed E-state index contributed by atoms with van der Waals surface area (Å²) in [5.74, 6) is 1.28. The highest BCUT2D eigenvalue weighted by molar-refractivity contribution is 7.12. The Balaban J connectivity index is 1.30. The van der Waals surface area contributed by atoms with Crippen molar-refractivity contribution in [3.8, 4) is 0 Å². The molecule has 0 atom stereocenters. The molecule has 0 unspecified atom stereocenters. The number of rotatable bonds is 3. The van der Waals surface area contributed by atoms with Crippen LogP contribution in [0, 0.1) is 13.8 Å². The molecule has 7 heteroatoms. The maximum absolute atomic E-state index is 12.5. The van der Waals surface area contributed by atoms with E-state index < -0.39 is 0 Å². The molecule has 27 heavy (non-hydrogen) atoms. The number of amides is 1. The molecule has 2 aromatic heterocycles. The maximum Gasteiger partial charge on any atom is 0.263 e. The van der Waals surface area contributed by atoms with E-state index >= 15 is 0 Å². The molecule has 0 N–H and O–H groups in total. The quantitative estimate of drug-likeness (QED) is 0.813. The maximum atomic E-state index is 12.5. The lowest BCUT2D eigenvalue weighted by Crippen LogP contribution is -2.54. The van der Waals surface area contributed by atoms with Crippen molar-refractivity contribution in [2.24, 2.45) is 0 Å². The Kier molecular flexibility index (Phi) is 5.41. The van der Waals surface area contributed by atoms with E-state index in [1.165, 1.54) is 16.9 Å². The number of carbonyl (C=O) groups is 1. The smallest absolute Gasteiger partial charge is 0.263 e. The van der Waals surface area contributed by atoms with Crippen LogP contribution in [-0.4, -0.2) is 71.0 Å². The van der Waals surface area contributed by atoms with E-state index in [4.69, 9.17) is 0 Å². The molecule has 2 aliphatic rings. The molecule has 6 nitrogen and oxygen atoms in total. The lowest BCUT2D eigenvalue weighted by Gasteiger charge is -2.43. The largest absolute Gasteiger partial charge is 0.354 e. The highest BCUT2D eigenvalue weighted by Gasteiger charge is 2.30. The summed E-state index contributed by atoms with van der Waals surface area (Å²) in [6.07, 6.45) is 3.82. The SMILES string of the molecule is Cc1ncnc(N2CCN(C3CCN(C(=O)c4cccs4)CC3)CC2)c1C. The fraction of sp³-hybridized carbons (Fsp3) is 0.550. The minimum Gasteiger partial charge on any atom is -0.354 e. The Morgan fingerprint density at radius 3 is 2.48 bits per heavy atom. The molecule has 2 saturated heterocycles. The van der Waals surface area contributed by atoms with Crippen LogP contribution in [0.3, 0.4) is 0 Å². The number of nitrogens with zero attached hydrogens (tertiary/aromatic N) is 5. The molecule has 1 amide bonds. The highest BCUT2D eigenvalue weighted by Crippen LogP contribution is 2.24. The lowest BCUT2D eigenvalue weighted by molar-refractivity contribution is 0.0615. The predicted molar refractivity (Wildman–Crippen MR) is 109 cm³/mol. The average molecular weight is 386 g/mol. The predicted octanol–water partition coefficient (Wildman–Crippen LogP) is 2.58. The van der Waals surface area contributed by atoms with Gasteiger partial charge in [0.25, 0.3) is 5.91 Å². The summed E-state index contributed by atoms with van der Waals surface area (Å²) in [7, 11) is 0. The third-order valence-electron chi connectivity index (χ3n) is 5.92. The number of hydrogen-bond donors (Lipinski definition) is 0. The van der Waals surface area contributed by atoms with Crippen LogP contribution in [0.15, 0.2) is 23.8 Å². The Hall–Kier alpha value is -1.99. The van der Waals surface area contributed by atoms with Gasteiger partial charge in [-0.25, -0.2) is 9.97 Å². The first-order valence-corrected chi connectivity index (χ1v) is 10.6. The minimum absolute atomic E-state index is 0.197. The second-order valence-corrected chi connectivity index (χ2v) is 8.38. The number of piperidine rings is 1. The standard InChI is InChI=1S/C20H27N5OS/c1-15-16(2)21-14-22-19(15)24-11-9-23(10-12-24)17-5-7-25(8-6-17)20(26)18-4-3-13-27-18/h3-4,13-14,17H,5-12H2,1-2H3. The summed E-state index contributed by atoms with van der Waals surface area (Å²) in [5, 5.41) is 1.97. The summed E-state index contributed by atoms with van der Waals surface area (Å²) in [4.78, 5) is 29.2. The molecule has 0 aromatic carbocycles. The van der Waals surface area contributed by atoms with Crippen LogP contribution in [0.5, 0.6) is 0 Å². The number of anilines is 1. The fourth-order valence-electron chi connectivity index (χ4n) is 4.13. The van der Waals surface area contributed by atoms with Gasteiger partial charge in [0.2, 0.25) is 0 Å². The first-order chi connectivity index (χ1) is 13.1. The number of aryl methyl sites for hydroxylation is 1. The van der Waals surface area contributed by atoms with Crippen molar-refractivity contribution in [2.45, 2.75) is 32.7 Å². The molecule has 4 heterocycles. The van der Waals surface area contributed by atoms with Gasteiger partial charge in [-0.2, -0.15) is 0 Å². The lowest BCUT2D eigenvalue weighted by atomic mass is 10.0. The molecule has 0 spiro atoms. The Bertz CT molecular complexity index is 778. The second kappa shape index (κ2) is 7.94. The van der Waals surface area contributed by atoms with Crippen molar-refractivity contribution in [2.75, 3.05) is 44.2 Å². The number of aromatic nitrogens is 2. The van der Waals surface area contributed by atoms with Gasteiger partial charge in [0.15, 0.2) is 0 Å². The molecule has 144 valence electrons. The van der Waals surface area contributed by atoms with Gasteiger partial charge >= 0.3 is 0 Å². The summed E-state index contributed by atoms with van der Waals surface area (Å²) in [6.45, 7) is 10.0. The van der Waals surface area contributed by atoms with E-state index in [0.29, 0.717) is 6.04 Å². The highest BCUT2D eigenvalue weighted by atomic mass is 32.1. The number of piperazine rings is 1. The van der Waals surface area contributed by atoms with Crippen LogP contribution < -0.4 is 4.90 Å². The van der Waals surface area contributed by atoms with Gasteiger partial charge in [-0.15, -0.1) is 11.3 Å². The zero-order valence-corrected chi connectivity index (χ0v) is 16.9. The van der Waals surface area contributed by atoms with E-state index in [2.05, 4.69) is 26.7 Å². The molecular formula is C20H27N5OS. The minimum atomic E-state index is 0.197. The molecule has 0 aliphatic carbocycles. The fourth-order valence-corrected chi connectivity index (χ4v) is 4.82. The molecule has 2 fully saturated rings. The van der Waals surface area contributed by atoms with Crippen LogP contribution in [-0.2, 0) is 0 Å². The van der Waals surface area contributed by atoms with Crippen molar-refractivity contribution in [3.63, 3.8) is 0 Å². The van der Waals surface area contributed by atoms with Crippen molar-refractivity contribution < 1.29 is 4.79 Å². The molecule has 2 aromatic rings. The molecule has 0 saturated carbocycles. The van der Waals surface area contributed by atoms with Crippen LogP contribution in [0.25, 0.3) is 0 Å². The number of likely N-dealkylation sites (tertiary alicyclic amines) is 1. The number of carbonyl (C=O) groups excluding carboxylic acids is 1. The molecular weight excluding hydrogens is 358 g/mol. The van der Waals surface area contributed by atoms with E-state index in [0.717, 1.165) is 68.5 Å². The number of thiophene rings is 1. The van der Waals surface area contributed by atoms with Crippen molar-refractivity contribution >= 4 is 23.1 Å². The van der Waals surface area contributed by atoms with Crippen LogP contribution in [0.1, 0.15) is 33.8 Å². The van der Waals surface area contributed by atoms with Gasteiger partial charge in [-0.1, -0.05) is 6.07 Å². The number of hydrogen-bond acceptors (Lipinski definition) is 6. The zero-order chi connectivity index (χ0) is 18.8. The van der Waals surface area contributed by atoms with E-state index in [1.54, 1.807) is 6.33 Å². The Labute approximate surface area is 164 Å². The third-order valence-corrected chi connectivity index (χ3v) is 6.78. The Morgan fingerprint density at radius 1 is 1.07 bits per heavy atom. The monoisotopic (exact) mass is 385 g/mol. The van der Waals surface area contributed by atoms with E-state index in [-0.39, 0.29) is 5.91 Å². The van der Waals surface area contributed by atoms with Gasteiger partial charge in [0.1, 0.15) is 12.1 Å². The van der Waals surface area contributed by atoms with Gasteiger partial charge in [-0.05, 0) is 38.1 Å². The summed E-state index contributed by atoms with van der Waals surface area (Å²) in [6, 6.07) is 4.47. The van der Waals surface area contributed by atoms with Crippen LogP contribution >= 0.6 is 11.3 Å². The normalized spacial score (nSPS) is 19.5. The molecule has 4 rings (SSSR count). The summed E-state index contributed by atoms with van der Waals surface area (Å²) < 4.78 is 0. The zero-order valence-electron chi connectivity index (χ0n) is 16.1. The van der Waals surface area contributed by atoms with E-state index in [9.17, 15) is 4.79 Å². The summed E-state index contributed by atoms with van der Waals surface area (Å²) >= 11 is 1.54. The average Bonchev–Trinajstić information content (AvgIpc) is 3.25. The second-order valence-electron chi connectivity index (χ2n) is 7.43. The van der Waals surface area contributed by atoms with Crippen LogP contribution in [0.4, 0.5) is 5.82 Å². The first kappa shape index (κ1) is 18.4. The van der Waals surface area contributed by atoms with Gasteiger partial charge in [0, 0.05) is 56.6 Å². The molecule has 0 bridgehead atoms. The molecule has 0 radical (unpaired) electrons. The van der Waals surface area contributed by atoms with Gasteiger partial charge < -0.3 is 9.80 Å². The van der Waals surface area contributed by atoms with E-state index in [1.807, 2.05) is 29.3 Å². The summed E-state index contributed by atoms with van der Waals surface area (Å²) in [5.41, 5.74) is 2.25. The Morgan fingerprint density at radius 2 is 1.81 bits per heavy atom.